The van der Waals surface area contributed by atoms with Gasteiger partial charge in [-0.1, -0.05) is 35.9 Å². The van der Waals surface area contributed by atoms with E-state index in [0.717, 1.165) is 10.5 Å². The lowest BCUT2D eigenvalue weighted by Crippen LogP contribution is -2.45. The van der Waals surface area contributed by atoms with E-state index >= 15 is 0 Å². The van der Waals surface area contributed by atoms with Crippen LogP contribution in [-0.4, -0.2) is 46.5 Å². The van der Waals surface area contributed by atoms with Crippen LogP contribution in [0.5, 0.6) is 0 Å². The molecule has 3 rings (SSSR count). The third-order valence-corrected chi connectivity index (χ3v) is 5.93. The summed E-state index contributed by atoms with van der Waals surface area (Å²) < 4.78 is 19.6. The van der Waals surface area contributed by atoms with Gasteiger partial charge in [-0.3, -0.25) is 4.79 Å². The van der Waals surface area contributed by atoms with Gasteiger partial charge in [0.1, 0.15) is 17.7 Å². The van der Waals surface area contributed by atoms with Gasteiger partial charge in [0.05, 0.1) is 12.0 Å². The van der Waals surface area contributed by atoms with Gasteiger partial charge in [-0.15, -0.1) is 0 Å². The minimum Gasteiger partial charge on any atom is -0.443 e. The number of carbonyl (C=O) groups excluding carboxylic acids is 3. The summed E-state index contributed by atoms with van der Waals surface area (Å²) in [7, 11) is 0. The Balaban J connectivity index is 1.88. The zero-order valence-electron chi connectivity index (χ0n) is 18.8. The number of rotatable bonds is 6. The van der Waals surface area contributed by atoms with Crippen LogP contribution < -0.4 is 0 Å². The summed E-state index contributed by atoms with van der Waals surface area (Å²) in [6, 6.07) is 10.8. The number of hydrogen-bond donors (Lipinski definition) is 1. The number of carbonyl (C=O) groups is 3. The first-order valence-corrected chi connectivity index (χ1v) is 11.0. The van der Waals surface area contributed by atoms with Gasteiger partial charge >= 0.3 is 6.09 Å². The molecule has 1 heterocycles. The van der Waals surface area contributed by atoms with E-state index in [1.54, 1.807) is 51.1 Å². The number of aldehydes is 1. The van der Waals surface area contributed by atoms with Crippen LogP contribution in [0.3, 0.4) is 0 Å². The minimum absolute atomic E-state index is 0.130. The number of benzene rings is 2. The second-order valence-corrected chi connectivity index (χ2v) is 9.78. The number of halogens is 2. The maximum Gasteiger partial charge on any atom is 0.417 e. The molecule has 1 aliphatic rings. The van der Waals surface area contributed by atoms with Gasteiger partial charge in [-0.2, -0.15) is 0 Å². The van der Waals surface area contributed by atoms with Crippen LogP contribution in [0.1, 0.15) is 39.2 Å². The number of ether oxygens (including phenoxy) is 1. The molecule has 2 aromatic carbocycles. The lowest BCUT2D eigenvalue weighted by Gasteiger charge is -2.28. The number of aliphatic hydroxyl groups is 1. The molecule has 176 valence electrons. The molecule has 1 aliphatic heterocycles. The van der Waals surface area contributed by atoms with E-state index in [1.165, 1.54) is 12.1 Å². The fourth-order valence-corrected chi connectivity index (χ4v) is 4.27. The fourth-order valence-electron chi connectivity index (χ4n) is 4.10. The molecule has 0 bridgehead atoms. The molecule has 2 unspecified atom stereocenters. The molecule has 2 atom stereocenters. The predicted molar refractivity (Wildman–Crippen MR) is 122 cm³/mol. The standard InChI is InChI=1S/C25H27ClFNO5/c1-24(2,3)33-23(32)28-19(14-25(15-30,10-11-29)22(28)31)12-16-4-6-17(7-5-16)20-13-18(26)8-9-21(20)27/h4-9,11,13,19,30H,10,12,14-15H2,1-3H3. The van der Waals surface area contributed by atoms with Gasteiger partial charge in [-0.25, -0.2) is 14.1 Å². The van der Waals surface area contributed by atoms with Crippen molar-refractivity contribution in [1.82, 2.24) is 4.90 Å². The predicted octanol–water partition coefficient (Wildman–Crippen LogP) is 4.79. The number of amides is 2. The third kappa shape index (κ3) is 5.42. The highest BCUT2D eigenvalue weighted by Crippen LogP contribution is 2.40. The van der Waals surface area contributed by atoms with Gasteiger partial charge < -0.3 is 14.6 Å². The Bertz CT molecular complexity index is 1050. The van der Waals surface area contributed by atoms with Crippen LogP contribution >= 0.6 is 11.6 Å². The molecule has 0 radical (unpaired) electrons. The molecule has 2 aromatic rings. The van der Waals surface area contributed by atoms with Gasteiger partial charge in [-0.05, 0) is 62.9 Å². The molecular formula is C25H27ClFNO5. The SMILES string of the molecule is CC(C)(C)OC(=O)N1C(=O)C(CO)(CC=O)CC1Cc1ccc(-c2cc(Cl)ccc2F)cc1. The average molecular weight is 476 g/mol. The summed E-state index contributed by atoms with van der Waals surface area (Å²) in [5, 5.41) is 10.4. The lowest BCUT2D eigenvalue weighted by molar-refractivity contribution is -0.139. The number of nitrogens with zero attached hydrogens (tertiary/aromatic N) is 1. The van der Waals surface area contributed by atoms with Gasteiger partial charge in [0.15, 0.2) is 0 Å². The van der Waals surface area contributed by atoms with Crippen molar-refractivity contribution < 1.29 is 28.6 Å². The van der Waals surface area contributed by atoms with Crippen LogP contribution in [0.2, 0.25) is 5.02 Å². The zero-order valence-corrected chi connectivity index (χ0v) is 19.6. The Hall–Kier alpha value is -2.77. The molecule has 1 fully saturated rings. The summed E-state index contributed by atoms with van der Waals surface area (Å²) >= 11 is 5.99. The Morgan fingerprint density at radius 2 is 1.94 bits per heavy atom. The van der Waals surface area contributed by atoms with Crippen molar-refractivity contribution in [3.05, 3.63) is 58.9 Å². The quantitative estimate of drug-likeness (QED) is 0.607. The lowest BCUT2D eigenvalue weighted by atomic mass is 9.82. The first-order chi connectivity index (χ1) is 15.5. The largest absolute Gasteiger partial charge is 0.443 e. The van der Waals surface area contributed by atoms with E-state index in [4.69, 9.17) is 16.3 Å². The van der Waals surface area contributed by atoms with E-state index in [1.807, 2.05) is 0 Å². The Morgan fingerprint density at radius 3 is 2.52 bits per heavy atom. The molecule has 0 spiro atoms. The number of aliphatic hydroxyl groups excluding tert-OH is 1. The molecule has 0 saturated carbocycles. The molecule has 2 amide bonds. The normalized spacial score (nSPS) is 20.7. The second-order valence-electron chi connectivity index (χ2n) is 9.35. The van der Waals surface area contributed by atoms with E-state index < -0.39 is 41.5 Å². The summed E-state index contributed by atoms with van der Waals surface area (Å²) in [6.45, 7) is 4.53. The third-order valence-electron chi connectivity index (χ3n) is 5.70. The van der Waals surface area contributed by atoms with Crippen molar-refractivity contribution in [2.45, 2.75) is 51.7 Å². The van der Waals surface area contributed by atoms with E-state index in [-0.39, 0.29) is 12.8 Å². The van der Waals surface area contributed by atoms with Crippen molar-refractivity contribution in [2.75, 3.05) is 6.61 Å². The molecular weight excluding hydrogens is 449 g/mol. The van der Waals surface area contributed by atoms with Crippen molar-refractivity contribution in [1.29, 1.82) is 0 Å². The van der Waals surface area contributed by atoms with Crippen molar-refractivity contribution in [2.24, 2.45) is 5.41 Å². The molecule has 0 aliphatic carbocycles. The van der Waals surface area contributed by atoms with Gasteiger partial charge in [0.2, 0.25) is 5.91 Å². The molecule has 33 heavy (non-hydrogen) atoms. The topological polar surface area (TPSA) is 83.9 Å². The molecule has 1 saturated heterocycles. The van der Waals surface area contributed by atoms with E-state index in [0.29, 0.717) is 28.9 Å². The minimum atomic E-state index is -1.35. The van der Waals surface area contributed by atoms with Crippen LogP contribution in [0.15, 0.2) is 42.5 Å². The highest BCUT2D eigenvalue weighted by atomic mass is 35.5. The highest BCUT2D eigenvalue weighted by Gasteiger charge is 2.54. The molecule has 6 nitrogen and oxygen atoms in total. The highest BCUT2D eigenvalue weighted by molar-refractivity contribution is 6.30. The van der Waals surface area contributed by atoms with E-state index in [9.17, 15) is 23.9 Å². The van der Waals surface area contributed by atoms with Crippen LogP contribution in [-0.2, 0) is 20.7 Å². The van der Waals surface area contributed by atoms with Gasteiger partial charge in [0, 0.05) is 23.0 Å². The van der Waals surface area contributed by atoms with Crippen LogP contribution in [0, 0.1) is 11.2 Å². The second kappa shape index (κ2) is 9.61. The maximum absolute atomic E-state index is 14.2. The fraction of sp³-hybridized carbons (Fsp3) is 0.400. The smallest absolute Gasteiger partial charge is 0.417 e. The molecule has 1 N–H and O–H groups in total. The molecule has 8 heteroatoms. The summed E-state index contributed by atoms with van der Waals surface area (Å²) in [5.41, 5.74) is -0.374. The van der Waals surface area contributed by atoms with Crippen molar-refractivity contribution in [3.8, 4) is 11.1 Å². The number of imide groups is 1. The van der Waals surface area contributed by atoms with Crippen molar-refractivity contribution in [3.63, 3.8) is 0 Å². The zero-order chi connectivity index (χ0) is 24.4. The first-order valence-electron chi connectivity index (χ1n) is 10.7. The van der Waals surface area contributed by atoms with Crippen LogP contribution in [0.25, 0.3) is 11.1 Å². The monoisotopic (exact) mass is 475 g/mol. The van der Waals surface area contributed by atoms with E-state index in [2.05, 4.69) is 0 Å². The molecule has 0 aromatic heterocycles. The van der Waals surface area contributed by atoms with Crippen molar-refractivity contribution >= 4 is 29.9 Å². The number of hydrogen-bond acceptors (Lipinski definition) is 5. The average Bonchev–Trinajstić information content (AvgIpc) is 3.01. The Kier molecular flexibility index (Phi) is 7.24. The first kappa shape index (κ1) is 24.9. The summed E-state index contributed by atoms with van der Waals surface area (Å²) in [4.78, 5) is 38.2. The Labute approximate surface area is 197 Å². The van der Waals surface area contributed by atoms with Crippen LogP contribution in [0.4, 0.5) is 9.18 Å². The summed E-state index contributed by atoms with van der Waals surface area (Å²) in [6.07, 6.45) is 0.00862. The Morgan fingerprint density at radius 1 is 1.27 bits per heavy atom. The number of likely N-dealkylation sites (tertiary alicyclic amines) is 1. The van der Waals surface area contributed by atoms with Gasteiger partial charge in [0.25, 0.3) is 0 Å². The summed E-state index contributed by atoms with van der Waals surface area (Å²) in [5.74, 6) is -1.01. The maximum atomic E-state index is 14.2.